The Morgan fingerprint density at radius 3 is 1.65 bits per heavy atom. The number of benzene rings is 4. The molecule has 52 heavy (non-hydrogen) atoms. The number of aromatic amines is 2. The highest BCUT2D eigenvalue weighted by molar-refractivity contribution is 14.1. The van der Waals surface area contributed by atoms with Crippen LogP contribution in [0, 0.1) is 3.57 Å². The molecule has 3 N–H and O–H groups in total. The molecule has 0 saturated carbocycles. The third-order valence-electron chi connectivity index (χ3n) is 9.24. The van der Waals surface area contributed by atoms with E-state index in [1.54, 1.807) is 0 Å². The zero-order valence-corrected chi connectivity index (χ0v) is 29.9. The number of nitrogens with zero attached hydrogens (tertiary/aromatic N) is 2. The molecule has 4 aromatic carbocycles. The first-order valence-electron chi connectivity index (χ1n) is 17.0. The predicted molar refractivity (Wildman–Crippen MR) is 222 cm³/mol. The molecule has 3 aromatic heterocycles. The Bertz CT molecular complexity index is 2670. The van der Waals surface area contributed by atoms with E-state index in [4.69, 9.17) is 9.97 Å². The van der Waals surface area contributed by atoms with Crippen LogP contribution in [0.3, 0.4) is 0 Å². The van der Waals surface area contributed by atoms with Crippen molar-refractivity contribution < 1.29 is 4.79 Å². The normalized spacial score (nSPS) is 11.9. The van der Waals surface area contributed by atoms with Gasteiger partial charge < -0.3 is 15.3 Å². The molecule has 1 amide bonds. The summed E-state index contributed by atoms with van der Waals surface area (Å²) in [5, 5.41) is 3.04. The summed E-state index contributed by atoms with van der Waals surface area (Å²) >= 11 is 2.24. The number of hydrogen-bond acceptors (Lipinski definition) is 3. The number of anilines is 1. The molecule has 8 bridgehead atoms. The first kappa shape index (κ1) is 31.6. The first-order chi connectivity index (χ1) is 25.6. The first-order valence-corrected chi connectivity index (χ1v) is 18.1. The van der Waals surface area contributed by atoms with Crippen molar-refractivity contribution in [3.63, 3.8) is 0 Å². The second kappa shape index (κ2) is 13.4. The SMILES string of the molecule is O=C(Nc1ccc(-c2c3nc(c(-c4ccccc4)c4ccc(cc5nc(c(-c6ccccc6)c6ccc2[nH]6)C=C5)[nH]4)C=C3)cc1)c1ccc(I)cc1. The Morgan fingerprint density at radius 1 is 0.519 bits per heavy atom. The molecule has 0 atom stereocenters. The van der Waals surface area contributed by atoms with Crippen molar-refractivity contribution >= 4 is 80.6 Å². The van der Waals surface area contributed by atoms with Crippen LogP contribution < -0.4 is 5.32 Å². The monoisotopic (exact) mass is 783 g/mol. The minimum atomic E-state index is -0.153. The van der Waals surface area contributed by atoms with Gasteiger partial charge in [-0.25, -0.2) is 9.97 Å². The molecular weight excluding hydrogens is 753 g/mol. The van der Waals surface area contributed by atoms with Crippen LogP contribution in [0.15, 0.2) is 140 Å². The number of fused-ring (bicyclic) bond motifs is 8. The molecule has 248 valence electrons. The van der Waals surface area contributed by atoms with Crippen molar-refractivity contribution in [1.29, 1.82) is 0 Å². The summed E-state index contributed by atoms with van der Waals surface area (Å²) in [6.45, 7) is 0. The van der Waals surface area contributed by atoms with Crippen molar-refractivity contribution in [2.45, 2.75) is 0 Å². The predicted octanol–water partition coefficient (Wildman–Crippen LogP) is 11.5. The summed E-state index contributed by atoms with van der Waals surface area (Å²) in [6.07, 6.45) is 8.31. The van der Waals surface area contributed by atoms with Crippen molar-refractivity contribution in [3.05, 3.63) is 171 Å². The highest BCUT2D eigenvalue weighted by Crippen LogP contribution is 2.36. The Labute approximate surface area is 313 Å². The number of carbonyl (C=O) groups is 1. The van der Waals surface area contributed by atoms with Crippen LogP contribution in [0.1, 0.15) is 33.1 Å². The zero-order chi connectivity index (χ0) is 35.0. The maximum absolute atomic E-state index is 13.0. The number of amides is 1. The molecule has 6 nitrogen and oxygen atoms in total. The van der Waals surface area contributed by atoms with Gasteiger partial charge in [-0.2, -0.15) is 0 Å². The van der Waals surface area contributed by atoms with Gasteiger partial charge in [0, 0.05) is 53.6 Å². The number of carbonyl (C=O) groups excluding carboxylic acids is 1. The minimum absolute atomic E-state index is 0.153. The molecule has 7 heteroatoms. The van der Waals surface area contributed by atoms with E-state index in [-0.39, 0.29) is 5.91 Å². The lowest BCUT2D eigenvalue weighted by atomic mass is 10.0. The number of halogens is 1. The van der Waals surface area contributed by atoms with E-state index in [1.807, 2.05) is 84.9 Å². The second-order valence-corrected chi connectivity index (χ2v) is 13.9. The fourth-order valence-electron chi connectivity index (χ4n) is 6.78. The molecule has 2 aliphatic heterocycles. The Balaban J connectivity index is 1.29. The van der Waals surface area contributed by atoms with E-state index in [0.717, 1.165) is 81.8 Å². The molecule has 0 unspecified atom stereocenters. The van der Waals surface area contributed by atoms with E-state index in [1.165, 1.54) is 0 Å². The van der Waals surface area contributed by atoms with Crippen LogP contribution in [0.25, 0.3) is 79.8 Å². The number of H-pyrrole nitrogens is 2. The van der Waals surface area contributed by atoms with E-state index >= 15 is 0 Å². The van der Waals surface area contributed by atoms with Gasteiger partial charge in [0.1, 0.15) is 0 Å². The van der Waals surface area contributed by atoms with Gasteiger partial charge in [-0.15, -0.1) is 0 Å². The standard InChI is InChI=1S/C45H30IN5O/c46-32-15-11-31(12-16-32)45(52)49-33-17-13-30(14-18-33)44-40-25-23-38(50-40)42(28-7-3-1-4-8-28)36-21-19-34(47-36)27-35-20-22-37(48-35)43(29-9-5-2-6-10-29)39-24-26-41(44)51-39/h1-27,47,51H,(H,49,52). The van der Waals surface area contributed by atoms with E-state index in [0.29, 0.717) is 11.3 Å². The molecule has 9 rings (SSSR count). The Hall–Kier alpha value is -6.32. The highest BCUT2D eigenvalue weighted by atomic mass is 127. The quantitative estimate of drug-likeness (QED) is 0.152. The number of nitrogens with one attached hydrogen (secondary N) is 3. The molecule has 2 aliphatic rings. The van der Waals surface area contributed by atoms with Gasteiger partial charge in [0.05, 0.1) is 22.8 Å². The van der Waals surface area contributed by atoms with Gasteiger partial charge in [0.15, 0.2) is 0 Å². The third-order valence-corrected chi connectivity index (χ3v) is 9.96. The summed E-state index contributed by atoms with van der Waals surface area (Å²) in [4.78, 5) is 30.8. The lowest BCUT2D eigenvalue weighted by Gasteiger charge is -2.09. The molecule has 0 spiro atoms. The highest BCUT2D eigenvalue weighted by Gasteiger charge is 2.17. The van der Waals surface area contributed by atoms with Gasteiger partial charge in [-0.3, -0.25) is 4.79 Å². The summed E-state index contributed by atoms with van der Waals surface area (Å²) < 4.78 is 1.08. The van der Waals surface area contributed by atoms with Gasteiger partial charge in [-0.1, -0.05) is 72.8 Å². The van der Waals surface area contributed by atoms with Crippen LogP contribution in [0.4, 0.5) is 5.69 Å². The number of aromatic nitrogens is 4. The van der Waals surface area contributed by atoms with Gasteiger partial charge in [-0.05, 0) is 130 Å². The van der Waals surface area contributed by atoms with Crippen LogP contribution in [0.2, 0.25) is 0 Å². The number of rotatable bonds is 5. The number of hydrogen-bond donors (Lipinski definition) is 3. The maximum atomic E-state index is 13.0. The molecule has 0 aliphatic carbocycles. The summed E-state index contributed by atoms with van der Waals surface area (Å²) in [7, 11) is 0. The van der Waals surface area contributed by atoms with Crippen molar-refractivity contribution in [2.75, 3.05) is 5.32 Å². The molecule has 5 heterocycles. The van der Waals surface area contributed by atoms with Gasteiger partial charge >= 0.3 is 0 Å². The lowest BCUT2D eigenvalue weighted by molar-refractivity contribution is 0.102. The summed E-state index contributed by atoms with van der Waals surface area (Å²) in [5.41, 5.74) is 14.6. The summed E-state index contributed by atoms with van der Waals surface area (Å²) in [5.74, 6) is -0.153. The second-order valence-electron chi connectivity index (χ2n) is 12.6. The third kappa shape index (κ3) is 6.16. The van der Waals surface area contributed by atoms with Crippen LogP contribution in [0.5, 0.6) is 0 Å². The van der Waals surface area contributed by atoms with Gasteiger partial charge in [0.25, 0.3) is 5.91 Å². The average Bonchev–Trinajstić information content (AvgIpc) is 4.01. The molecule has 0 fully saturated rings. The fraction of sp³-hybridized carbons (Fsp3) is 0. The largest absolute Gasteiger partial charge is 0.355 e. The Kier molecular flexibility index (Phi) is 8.17. The van der Waals surface area contributed by atoms with E-state index in [9.17, 15) is 4.79 Å². The lowest BCUT2D eigenvalue weighted by Crippen LogP contribution is -2.11. The molecular formula is C45H30IN5O. The van der Waals surface area contributed by atoms with E-state index in [2.05, 4.69) is 117 Å². The van der Waals surface area contributed by atoms with Crippen molar-refractivity contribution in [2.24, 2.45) is 0 Å². The Morgan fingerprint density at radius 2 is 1.04 bits per heavy atom. The molecule has 7 aromatic rings. The molecule has 0 radical (unpaired) electrons. The smallest absolute Gasteiger partial charge is 0.255 e. The fourth-order valence-corrected chi connectivity index (χ4v) is 7.14. The van der Waals surface area contributed by atoms with Crippen LogP contribution >= 0.6 is 22.6 Å². The molecule has 0 saturated heterocycles. The zero-order valence-electron chi connectivity index (χ0n) is 27.8. The van der Waals surface area contributed by atoms with E-state index < -0.39 is 0 Å². The summed E-state index contributed by atoms with van der Waals surface area (Å²) in [6, 6.07) is 46.7. The van der Waals surface area contributed by atoms with Crippen LogP contribution in [-0.4, -0.2) is 25.8 Å². The minimum Gasteiger partial charge on any atom is -0.355 e. The topological polar surface area (TPSA) is 86.5 Å². The van der Waals surface area contributed by atoms with Crippen molar-refractivity contribution in [3.8, 4) is 33.4 Å². The van der Waals surface area contributed by atoms with Crippen LogP contribution in [-0.2, 0) is 0 Å². The maximum Gasteiger partial charge on any atom is 0.255 e. The average molecular weight is 784 g/mol. The van der Waals surface area contributed by atoms with Gasteiger partial charge in [0.2, 0.25) is 0 Å². The van der Waals surface area contributed by atoms with Crippen molar-refractivity contribution in [1.82, 2.24) is 19.9 Å².